The molecule has 0 spiro atoms. The van der Waals surface area contributed by atoms with E-state index < -0.39 is 0 Å². The molecule has 1 fully saturated rings. The second-order valence-corrected chi connectivity index (χ2v) is 5.15. The molecule has 0 N–H and O–H groups in total. The predicted molar refractivity (Wildman–Crippen MR) is 73.7 cm³/mol. The number of rotatable bonds is 5. The standard InChI is InChI=1S/C14H22N4O/c1-4-11-8-18(9-11)10-13-15-7-6-12(16-13)14(19)17(3)5-2/h6-7,11H,4-5,8-10H2,1-3H3. The van der Waals surface area contributed by atoms with Gasteiger partial charge in [-0.15, -0.1) is 0 Å². The van der Waals surface area contributed by atoms with Crippen LogP contribution in [0.3, 0.4) is 0 Å². The maximum absolute atomic E-state index is 12.0. The number of likely N-dealkylation sites (tertiary alicyclic amines) is 1. The van der Waals surface area contributed by atoms with Crippen LogP contribution in [0, 0.1) is 5.92 Å². The molecule has 5 nitrogen and oxygen atoms in total. The van der Waals surface area contributed by atoms with Crippen LogP contribution < -0.4 is 0 Å². The third kappa shape index (κ3) is 3.29. The number of carbonyl (C=O) groups is 1. The van der Waals surface area contributed by atoms with Gasteiger partial charge in [0.2, 0.25) is 0 Å². The first kappa shape index (κ1) is 13.9. The first-order valence-electron chi connectivity index (χ1n) is 6.93. The van der Waals surface area contributed by atoms with Crippen molar-refractivity contribution < 1.29 is 4.79 Å². The summed E-state index contributed by atoms with van der Waals surface area (Å²) < 4.78 is 0. The number of hydrogen-bond donors (Lipinski definition) is 0. The van der Waals surface area contributed by atoms with Crippen molar-refractivity contribution >= 4 is 5.91 Å². The zero-order chi connectivity index (χ0) is 13.8. The van der Waals surface area contributed by atoms with Crippen molar-refractivity contribution in [2.75, 3.05) is 26.7 Å². The van der Waals surface area contributed by atoms with E-state index in [0.29, 0.717) is 12.2 Å². The zero-order valence-electron chi connectivity index (χ0n) is 12.0. The minimum atomic E-state index is -0.0406. The molecular weight excluding hydrogens is 240 g/mol. The van der Waals surface area contributed by atoms with Crippen LogP contribution >= 0.6 is 0 Å². The highest BCUT2D eigenvalue weighted by Gasteiger charge is 2.25. The Bertz CT molecular complexity index is 443. The highest BCUT2D eigenvalue weighted by atomic mass is 16.2. The minimum Gasteiger partial charge on any atom is -0.341 e. The summed E-state index contributed by atoms with van der Waals surface area (Å²) in [5, 5.41) is 0. The summed E-state index contributed by atoms with van der Waals surface area (Å²) in [6.07, 6.45) is 2.91. The Hall–Kier alpha value is -1.49. The Morgan fingerprint density at radius 1 is 1.47 bits per heavy atom. The molecule has 0 atom stereocenters. The highest BCUT2D eigenvalue weighted by molar-refractivity contribution is 5.91. The number of nitrogens with zero attached hydrogens (tertiary/aromatic N) is 4. The van der Waals surface area contributed by atoms with Crippen molar-refractivity contribution in [1.82, 2.24) is 19.8 Å². The molecule has 0 aromatic carbocycles. The molecular formula is C14H22N4O. The molecule has 1 aliphatic rings. The first-order chi connectivity index (χ1) is 9.13. The van der Waals surface area contributed by atoms with Crippen molar-refractivity contribution in [2.24, 2.45) is 5.92 Å². The average molecular weight is 262 g/mol. The van der Waals surface area contributed by atoms with E-state index in [4.69, 9.17) is 0 Å². The van der Waals surface area contributed by atoms with E-state index in [9.17, 15) is 4.79 Å². The van der Waals surface area contributed by atoms with Gasteiger partial charge in [-0.05, 0) is 18.9 Å². The van der Waals surface area contributed by atoms with Crippen LogP contribution in [0.2, 0.25) is 0 Å². The van der Waals surface area contributed by atoms with E-state index in [1.807, 2.05) is 6.92 Å². The second kappa shape index (κ2) is 6.10. The molecule has 104 valence electrons. The number of hydrogen-bond acceptors (Lipinski definition) is 4. The minimum absolute atomic E-state index is 0.0406. The van der Waals surface area contributed by atoms with Crippen molar-refractivity contribution in [3.05, 3.63) is 23.8 Å². The summed E-state index contributed by atoms with van der Waals surface area (Å²) in [5.74, 6) is 1.52. The molecule has 0 bridgehead atoms. The van der Waals surface area contributed by atoms with Gasteiger partial charge < -0.3 is 4.90 Å². The molecule has 0 aliphatic carbocycles. The molecule has 2 heterocycles. The predicted octanol–water partition coefficient (Wildman–Crippen LogP) is 1.41. The van der Waals surface area contributed by atoms with E-state index in [2.05, 4.69) is 21.8 Å². The van der Waals surface area contributed by atoms with Gasteiger partial charge in [-0.3, -0.25) is 9.69 Å². The molecule has 1 aromatic heterocycles. The van der Waals surface area contributed by atoms with E-state index in [1.165, 1.54) is 6.42 Å². The Labute approximate surface area is 114 Å². The molecule has 0 unspecified atom stereocenters. The number of aromatic nitrogens is 2. The van der Waals surface area contributed by atoms with Crippen molar-refractivity contribution in [1.29, 1.82) is 0 Å². The lowest BCUT2D eigenvalue weighted by atomic mass is 9.97. The van der Waals surface area contributed by atoms with Crippen LogP contribution in [0.1, 0.15) is 36.6 Å². The van der Waals surface area contributed by atoms with Gasteiger partial charge in [0.05, 0.1) is 6.54 Å². The smallest absolute Gasteiger partial charge is 0.272 e. The summed E-state index contributed by atoms with van der Waals surface area (Å²) in [6.45, 7) is 7.83. The van der Waals surface area contributed by atoms with E-state index >= 15 is 0 Å². The first-order valence-corrected chi connectivity index (χ1v) is 6.93. The summed E-state index contributed by atoms with van der Waals surface area (Å²) in [7, 11) is 1.78. The highest BCUT2D eigenvalue weighted by Crippen LogP contribution is 2.19. The van der Waals surface area contributed by atoms with E-state index in [1.54, 1.807) is 24.2 Å². The van der Waals surface area contributed by atoms with Gasteiger partial charge in [-0.25, -0.2) is 9.97 Å². The van der Waals surface area contributed by atoms with Crippen LogP contribution in [-0.2, 0) is 6.54 Å². The van der Waals surface area contributed by atoms with E-state index in [-0.39, 0.29) is 5.91 Å². The molecule has 0 radical (unpaired) electrons. The quantitative estimate of drug-likeness (QED) is 0.805. The summed E-state index contributed by atoms with van der Waals surface area (Å²) in [4.78, 5) is 24.6. The lowest BCUT2D eigenvalue weighted by Gasteiger charge is -2.38. The Balaban J connectivity index is 1.98. The van der Waals surface area contributed by atoms with Crippen LogP contribution in [0.25, 0.3) is 0 Å². The monoisotopic (exact) mass is 262 g/mol. The van der Waals surface area contributed by atoms with Gasteiger partial charge in [0.25, 0.3) is 5.91 Å². The molecule has 1 amide bonds. The maximum atomic E-state index is 12.0. The molecule has 2 rings (SSSR count). The van der Waals surface area contributed by atoms with Gasteiger partial charge in [0.15, 0.2) is 0 Å². The summed E-state index contributed by atoms with van der Waals surface area (Å²) in [5.41, 5.74) is 0.488. The maximum Gasteiger partial charge on any atom is 0.272 e. The van der Waals surface area contributed by atoms with Gasteiger partial charge in [0.1, 0.15) is 11.5 Å². The Morgan fingerprint density at radius 2 is 2.21 bits per heavy atom. The lowest BCUT2D eigenvalue weighted by Crippen LogP contribution is -2.45. The molecule has 1 saturated heterocycles. The normalized spacial score (nSPS) is 16.2. The van der Waals surface area contributed by atoms with Crippen molar-refractivity contribution in [3.63, 3.8) is 0 Å². The topological polar surface area (TPSA) is 49.3 Å². The zero-order valence-corrected chi connectivity index (χ0v) is 12.0. The lowest BCUT2D eigenvalue weighted by molar-refractivity contribution is 0.0788. The fraction of sp³-hybridized carbons (Fsp3) is 0.643. The van der Waals surface area contributed by atoms with Crippen LogP contribution in [0.15, 0.2) is 12.3 Å². The van der Waals surface area contributed by atoms with Gasteiger partial charge in [-0.1, -0.05) is 13.3 Å². The van der Waals surface area contributed by atoms with Crippen LogP contribution in [-0.4, -0.2) is 52.4 Å². The van der Waals surface area contributed by atoms with E-state index in [0.717, 1.165) is 31.4 Å². The van der Waals surface area contributed by atoms with Crippen LogP contribution in [0.4, 0.5) is 0 Å². The van der Waals surface area contributed by atoms with Gasteiger partial charge >= 0.3 is 0 Å². The number of carbonyl (C=O) groups excluding carboxylic acids is 1. The molecule has 1 aliphatic heterocycles. The fourth-order valence-electron chi connectivity index (χ4n) is 2.20. The third-order valence-corrected chi connectivity index (χ3v) is 3.72. The molecule has 0 saturated carbocycles. The largest absolute Gasteiger partial charge is 0.341 e. The van der Waals surface area contributed by atoms with Crippen molar-refractivity contribution in [3.8, 4) is 0 Å². The fourth-order valence-corrected chi connectivity index (χ4v) is 2.20. The van der Waals surface area contributed by atoms with Gasteiger partial charge in [-0.2, -0.15) is 0 Å². The van der Waals surface area contributed by atoms with Crippen LogP contribution in [0.5, 0.6) is 0 Å². The third-order valence-electron chi connectivity index (χ3n) is 3.72. The van der Waals surface area contributed by atoms with Gasteiger partial charge in [0, 0.05) is 32.9 Å². The summed E-state index contributed by atoms with van der Waals surface area (Å²) in [6, 6.07) is 1.68. The Kier molecular flexibility index (Phi) is 4.47. The Morgan fingerprint density at radius 3 is 2.84 bits per heavy atom. The average Bonchev–Trinajstić information content (AvgIpc) is 2.40. The number of amides is 1. The SMILES string of the molecule is CCC1CN(Cc2nccc(C(=O)N(C)CC)n2)C1. The molecule has 1 aromatic rings. The molecule has 19 heavy (non-hydrogen) atoms. The summed E-state index contributed by atoms with van der Waals surface area (Å²) >= 11 is 0. The second-order valence-electron chi connectivity index (χ2n) is 5.15. The van der Waals surface area contributed by atoms with Crippen molar-refractivity contribution in [2.45, 2.75) is 26.8 Å². The molecule has 5 heteroatoms.